The van der Waals surface area contributed by atoms with E-state index in [4.69, 9.17) is 5.26 Å². The van der Waals surface area contributed by atoms with Crippen LogP contribution in [0.2, 0.25) is 0 Å². The van der Waals surface area contributed by atoms with Crippen molar-refractivity contribution in [3.8, 4) is 6.07 Å². The summed E-state index contributed by atoms with van der Waals surface area (Å²) in [6.07, 6.45) is 4.17. The molecule has 0 aliphatic heterocycles. The second kappa shape index (κ2) is 5.79. The van der Waals surface area contributed by atoms with E-state index in [1.165, 1.54) is 0 Å². The molecule has 1 aromatic carbocycles. The standard InChI is InChI=1S/C13H13NO/c1-2-6-13(15)12(10-14)9-11-7-4-3-5-8-11/h2-9,13,15H,1H3/b6-2+,12-9-. The lowest BCUT2D eigenvalue weighted by Crippen LogP contribution is -2.04. The second-order valence-corrected chi connectivity index (χ2v) is 3.09. The minimum Gasteiger partial charge on any atom is -0.384 e. The Morgan fingerprint density at radius 2 is 2.07 bits per heavy atom. The van der Waals surface area contributed by atoms with Crippen LogP contribution >= 0.6 is 0 Å². The lowest BCUT2D eigenvalue weighted by Gasteiger charge is -2.02. The van der Waals surface area contributed by atoms with Crippen molar-refractivity contribution >= 4 is 6.08 Å². The van der Waals surface area contributed by atoms with Crippen molar-refractivity contribution in [3.05, 3.63) is 53.6 Å². The molecule has 1 rings (SSSR count). The highest BCUT2D eigenvalue weighted by Gasteiger charge is 2.05. The topological polar surface area (TPSA) is 44.0 Å². The van der Waals surface area contributed by atoms with Gasteiger partial charge in [-0.1, -0.05) is 42.5 Å². The van der Waals surface area contributed by atoms with Crippen LogP contribution in [-0.2, 0) is 0 Å². The second-order valence-electron chi connectivity index (χ2n) is 3.09. The van der Waals surface area contributed by atoms with Crippen molar-refractivity contribution in [2.24, 2.45) is 0 Å². The normalized spacial score (nSPS) is 13.8. The van der Waals surface area contributed by atoms with E-state index in [1.54, 1.807) is 25.2 Å². The molecule has 0 amide bonds. The molecule has 0 aliphatic rings. The van der Waals surface area contributed by atoms with Gasteiger partial charge in [-0.2, -0.15) is 5.26 Å². The van der Waals surface area contributed by atoms with Gasteiger partial charge in [0.1, 0.15) is 6.10 Å². The number of allylic oxidation sites excluding steroid dienone is 1. The van der Waals surface area contributed by atoms with E-state index in [2.05, 4.69) is 0 Å². The van der Waals surface area contributed by atoms with E-state index in [1.807, 2.05) is 36.4 Å². The first-order valence-corrected chi connectivity index (χ1v) is 4.75. The van der Waals surface area contributed by atoms with Crippen molar-refractivity contribution in [1.29, 1.82) is 5.26 Å². The molecule has 0 saturated carbocycles. The average molecular weight is 199 g/mol. The predicted octanol–water partition coefficient (Wildman–Crippen LogP) is 2.53. The molecule has 0 aliphatic carbocycles. The molecule has 2 heteroatoms. The molecule has 2 nitrogen and oxygen atoms in total. The molecule has 0 spiro atoms. The molecule has 1 atom stereocenters. The summed E-state index contributed by atoms with van der Waals surface area (Å²) in [5.74, 6) is 0. The minimum absolute atomic E-state index is 0.347. The van der Waals surface area contributed by atoms with Gasteiger partial charge in [-0.3, -0.25) is 0 Å². The van der Waals surface area contributed by atoms with Crippen molar-refractivity contribution in [3.63, 3.8) is 0 Å². The van der Waals surface area contributed by atoms with Gasteiger partial charge in [-0.25, -0.2) is 0 Å². The van der Waals surface area contributed by atoms with Crippen LogP contribution in [0.4, 0.5) is 0 Å². The number of rotatable bonds is 3. The first-order chi connectivity index (χ1) is 7.27. The van der Waals surface area contributed by atoms with Crippen molar-refractivity contribution in [1.82, 2.24) is 0 Å². The van der Waals surface area contributed by atoms with E-state index in [9.17, 15) is 5.11 Å². The fourth-order valence-electron chi connectivity index (χ4n) is 1.20. The van der Waals surface area contributed by atoms with Gasteiger partial charge >= 0.3 is 0 Å². The van der Waals surface area contributed by atoms with Gasteiger partial charge in [0.25, 0.3) is 0 Å². The Balaban J connectivity index is 2.94. The van der Waals surface area contributed by atoms with Gasteiger partial charge in [-0.05, 0) is 18.6 Å². The van der Waals surface area contributed by atoms with Crippen LogP contribution < -0.4 is 0 Å². The predicted molar refractivity (Wildman–Crippen MR) is 60.9 cm³/mol. The third-order valence-corrected chi connectivity index (χ3v) is 1.94. The van der Waals surface area contributed by atoms with Crippen LogP contribution in [0.25, 0.3) is 6.08 Å². The molecule has 15 heavy (non-hydrogen) atoms. The van der Waals surface area contributed by atoms with Crippen LogP contribution in [-0.4, -0.2) is 11.2 Å². The molecular formula is C13H13NO. The summed E-state index contributed by atoms with van der Waals surface area (Å²) in [5.41, 5.74) is 1.26. The molecule has 0 heterocycles. The average Bonchev–Trinajstić information content (AvgIpc) is 2.27. The number of aliphatic hydroxyl groups excluding tert-OH is 1. The number of aliphatic hydroxyl groups is 1. The van der Waals surface area contributed by atoms with E-state index < -0.39 is 6.10 Å². The fraction of sp³-hybridized carbons (Fsp3) is 0.154. The third kappa shape index (κ3) is 3.41. The first-order valence-electron chi connectivity index (χ1n) is 4.75. The van der Waals surface area contributed by atoms with Crippen LogP contribution in [0, 0.1) is 11.3 Å². The Labute approximate surface area is 89.8 Å². The summed E-state index contributed by atoms with van der Waals surface area (Å²) >= 11 is 0. The molecule has 1 unspecified atom stereocenters. The van der Waals surface area contributed by atoms with Gasteiger partial charge in [0.2, 0.25) is 0 Å². The number of nitriles is 1. The Kier molecular flexibility index (Phi) is 4.33. The van der Waals surface area contributed by atoms with E-state index >= 15 is 0 Å². The quantitative estimate of drug-likeness (QED) is 0.600. The Bertz CT molecular complexity index is 398. The molecule has 0 saturated heterocycles. The van der Waals surface area contributed by atoms with E-state index in [-0.39, 0.29) is 0 Å². The van der Waals surface area contributed by atoms with Crippen molar-refractivity contribution in [2.75, 3.05) is 0 Å². The monoisotopic (exact) mass is 199 g/mol. The lowest BCUT2D eigenvalue weighted by molar-refractivity contribution is 0.265. The molecule has 0 radical (unpaired) electrons. The maximum atomic E-state index is 9.59. The zero-order chi connectivity index (χ0) is 11.1. The van der Waals surface area contributed by atoms with E-state index in [0.29, 0.717) is 5.57 Å². The maximum Gasteiger partial charge on any atom is 0.107 e. The summed E-state index contributed by atoms with van der Waals surface area (Å²) in [5, 5.41) is 18.5. The van der Waals surface area contributed by atoms with Gasteiger partial charge in [-0.15, -0.1) is 0 Å². The van der Waals surface area contributed by atoms with Crippen molar-refractivity contribution < 1.29 is 5.11 Å². The smallest absolute Gasteiger partial charge is 0.107 e. The summed E-state index contributed by atoms with van der Waals surface area (Å²) < 4.78 is 0. The summed E-state index contributed by atoms with van der Waals surface area (Å²) in [6.45, 7) is 1.81. The first kappa shape index (κ1) is 11.2. The SMILES string of the molecule is C/C=C/C(O)/C(C#N)=C\c1ccccc1. The molecule has 0 aromatic heterocycles. The molecule has 1 N–H and O–H groups in total. The third-order valence-electron chi connectivity index (χ3n) is 1.94. The molecule has 0 fully saturated rings. The molecular weight excluding hydrogens is 186 g/mol. The van der Waals surface area contributed by atoms with Gasteiger partial charge < -0.3 is 5.11 Å². The van der Waals surface area contributed by atoms with Crippen LogP contribution in [0.3, 0.4) is 0 Å². The minimum atomic E-state index is -0.819. The van der Waals surface area contributed by atoms with Gasteiger partial charge in [0.15, 0.2) is 0 Å². The number of nitrogens with zero attached hydrogens (tertiary/aromatic N) is 1. The van der Waals surface area contributed by atoms with Gasteiger partial charge in [0, 0.05) is 0 Å². The largest absolute Gasteiger partial charge is 0.384 e. The maximum absolute atomic E-state index is 9.59. The molecule has 0 bridgehead atoms. The summed E-state index contributed by atoms with van der Waals surface area (Å²) in [4.78, 5) is 0. The zero-order valence-corrected chi connectivity index (χ0v) is 8.59. The highest BCUT2D eigenvalue weighted by Crippen LogP contribution is 2.10. The Morgan fingerprint density at radius 3 is 2.60 bits per heavy atom. The number of hydrogen-bond donors (Lipinski definition) is 1. The van der Waals surface area contributed by atoms with Crippen molar-refractivity contribution in [2.45, 2.75) is 13.0 Å². The number of benzene rings is 1. The Hall–Kier alpha value is -1.85. The zero-order valence-electron chi connectivity index (χ0n) is 8.59. The van der Waals surface area contributed by atoms with Crippen LogP contribution in [0.1, 0.15) is 12.5 Å². The van der Waals surface area contributed by atoms with E-state index in [0.717, 1.165) is 5.56 Å². The Morgan fingerprint density at radius 1 is 1.40 bits per heavy atom. The number of hydrogen-bond acceptors (Lipinski definition) is 2. The highest BCUT2D eigenvalue weighted by atomic mass is 16.3. The van der Waals surface area contributed by atoms with Crippen LogP contribution in [0.15, 0.2) is 48.1 Å². The summed E-state index contributed by atoms with van der Waals surface area (Å²) in [7, 11) is 0. The molecule has 1 aromatic rings. The van der Waals surface area contributed by atoms with Crippen LogP contribution in [0.5, 0.6) is 0 Å². The summed E-state index contributed by atoms with van der Waals surface area (Å²) in [6, 6.07) is 11.5. The lowest BCUT2D eigenvalue weighted by atomic mass is 10.1. The highest BCUT2D eigenvalue weighted by molar-refractivity contribution is 5.58. The molecule has 76 valence electrons. The fourth-order valence-corrected chi connectivity index (χ4v) is 1.20. The van der Waals surface area contributed by atoms with Gasteiger partial charge in [0.05, 0.1) is 11.6 Å².